The highest BCUT2D eigenvalue weighted by molar-refractivity contribution is 6.31. The molecule has 2 N–H and O–H groups in total. The van der Waals surface area contributed by atoms with E-state index < -0.39 is 0 Å². The van der Waals surface area contributed by atoms with Crippen LogP contribution in [0.4, 0.5) is 0 Å². The van der Waals surface area contributed by atoms with Crippen molar-refractivity contribution in [3.8, 4) is 0 Å². The van der Waals surface area contributed by atoms with E-state index in [2.05, 4.69) is 4.98 Å². The Morgan fingerprint density at radius 2 is 2.18 bits per heavy atom. The highest BCUT2D eigenvalue weighted by Crippen LogP contribution is 2.18. The quantitative estimate of drug-likeness (QED) is 0.908. The van der Waals surface area contributed by atoms with Gasteiger partial charge in [-0.25, -0.2) is 4.98 Å². The molecule has 0 saturated heterocycles. The molecule has 0 bridgehead atoms. The van der Waals surface area contributed by atoms with Crippen molar-refractivity contribution < 1.29 is 4.42 Å². The van der Waals surface area contributed by atoms with Crippen molar-refractivity contribution in [2.45, 2.75) is 25.8 Å². The van der Waals surface area contributed by atoms with Gasteiger partial charge in [-0.15, -0.1) is 0 Å². The smallest absolute Gasteiger partial charge is 0.198 e. The van der Waals surface area contributed by atoms with E-state index in [4.69, 9.17) is 21.8 Å². The van der Waals surface area contributed by atoms with E-state index in [1.165, 1.54) is 0 Å². The van der Waals surface area contributed by atoms with Crippen LogP contribution in [0.3, 0.4) is 0 Å². The van der Waals surface area contributed by atoms with Crippen molar-refractivity contribution in [3.63, 3.8) is 0 Å². The average molecular weight is 251 g/mol. The van der Waals surface area contributed by atoms with Gasteiger partial charge in [0.15, 0.2) is 5.89 Å². The Balaban J connectivity index is 2.09. The molecule has 0 fully saturated rings. The van der Waals surface area contributed by atoms with Crippen molar-refractivity contribution in [3.05, 3.63) is 52.7 Å². The highest BCUT2D eigenvalue weighted by atomic mass is 35.5. The number of oxazole rings is 1. The second kappa shape index (κ2) is 5.34. The van der Waals surface area contributed by atoms with Gasteiger partial charge in [0.05, 0.1) is 12.1 Å². The zero-order chi connectivity index (χ0) is 12.3. The first kappa shape index (κ1) is 12.1. The van der Waals surface area contributed by atoms with Crippen molar-refractivity contribution in [1.82, 2.24) is 4.98 Å². The molecule has 1 unspecified atom stereocenters. The molecule has 0 spiro atoms. The monoisotopic (exact) mass is 250 g/mol. The minimum atomic E-state index is 0.0910. The molecule has 0 amide bonds. The van der Waals surface area contributed by atoms with Gasteiger partial charge in [-0.05, 0) is 18.6 Å². The van der Waals surface area contributed by atoms with Crippen molar-refractivity contribution in [2.24, 2.45) is 5.73 Å². The third-order valence-electron chi connectivity index (χ3n) is 2.43. The summed E-state index contributed by atoms with van der Waals surface area (Å²) in [6.45, 7) is 1.95. The molecule has 2 rings (SSSR count). The van der Waals surface area contributed by atoms with Crippen LogP contribution in [-0.4, -0.2) is 11.0 Å². The fourth-order valence-corrected chi connectivity index (χ4v) is 1.86. The number of hydrogen-bond acceptors (Lipinski definition) is 3. The molecule has 1 aromatic carbocycles. The van der Waals surface area contributed by atoms with E-state index >= 15 is 0 Å². The van der Waals surface area contributed by atoms with E-state index in [1.54, 1.807) is 6.26 Å². The Bertz CT molecular complexity index is 494. The number of rotatable bonds is 4. The van der Waals surface area contributed by atoms with Crippen LogP contribution in [0.1, 0.15) is 24.1 Å². The standard InChI is InChI=1S/C13H15ClN2O/c1-9(15)6-11-8-17-13(16-11)7-10-4-2-3-5-12(10)14/h2-5,8-9H,6-7,15H2,1H3. The fourth-order valence-electron chi connectivity index (χ4n) is 1.66. The van der Waals surface area contributed by atoms with E-state index in [1.807, 2.05) is 31.2 Å². The van der Waals surface area contributed by atoms with Crippen molar-refractivity contribution >= 4 is 11.6 Å². The summed E-state index contributed by atoms with van der Waals surface area (Å²) in [6.07, 6.45) is 3.00. The summed E-state index contributed by atoms with van der Waals surface area (Å²) in [5, 5.41) is 0.736. The molecule has 1 atom stereocenters. The predicted octanol–water partition coefficient (Wildman–Crippen LogP) is 2.81. The number of hydrogen-bond donors (Lipinski definition) is 1. The zero-order valence-corrected chi connectivity index (χ0v) is 10.4. The largest absolute Gasteiger partial charge is 0.448 e. The molecule has 90 valence electrons. The van der Waals surface area contributed by atoms with Gasteiger partial charge in [-0.2, -0.15) is 0 Å². The third kappa shape index (κ3) is 3.32. The molecule has 1 heterocycles. The number of halogens is 1. The second-order valence-electron chi connectivity index (χ2n) is 4.18. The summed E-state index contributed by atoms with van der Waals surface area (Å²) in [6, 6.07) is 7.78. The minimum absolute atomic E-state index is 0.0910. The lowest BCUT2D eigenvalue weighted by Gasteiger charge is -2.00. The number of nitrogens with two attached hydrogens (primary N) is 1. The van der Waals surface area contributed by atoms with Crippen molar-refractivity contribution in [1.29, 1.82) is 0 Å². The molecular formula is C13H15ClN2O. The van der Waals surface area contributed by atoms with Crippen LogP contribution in [0.25, 0.3) is 0 Å². The highest BCUT2D eigenvalue weighted by Gasteiger charge is 2.08. The van der Waals surface area contributed by atoms with Gasteiger partial charge in [-0.3, -0.25) is 0 Å². The molecule has 4 heteroatoms. The summed E-state index contributed by atoms with van der Waals surface area (Å²) in [4.78, 5) is 4.38. The second-order valence-corrected chi connectivity index (χ2v) is 4.59. The first-order chi connectivity index (χ1) is 8.15. The van der Waals surface area contributed by atoms with Crippen LogP contribution >= 0.6 is 11.6 Å². The summed E-state index contributed by atoms with van der Waals surface area (Å²) >= 11 is 6.08. The molecular weight excluding hydrogens is 236 g/mol. The topological polar surface area (TPSA) is 52.0 Å². The molecule has 0 aliphatic heterocycles. The van der Waals surface area contributed by atoms with Gasteiger partial charge in [0.25, 0.3) is 0 Å². The first-order valence-electron chi connectivity index (χ1n) is 5.57. The van der Waals surface area contributed by atoms with Crippen LogP contribution in [0.15, 0.2) is 34.9 Å². The SMILES string of the molecule is CC(N)Cc1coc(Cc2ccccc2Cl)n1. The Labute approximate surface area is 106 Å². The maximum Gasteiger partial charge on any atom is 0.198 e. The van der Waals surface area contributed by atoms with Crippen LogP contribution < -0.4 is 5.73 Å². The number of benzene rings is 1. The molecule has 0 aliphatic carbocycles. The van der Waals surface area contributed by atoms with E-state index in [-0.39, 0.29) is 6.04 Å². The lowest BCUT2D eigenvalue weighted by atomic mass is 10.1. The fraction of sp³-hybridized carbons (Fsp3) is 0.308. The zero-order valence-electron chi connectivity index (χ0n) is 9.69. The lowest BCUT2D eigenvalue weighted by molar-refractivity contribution is 0.506. The van der Waals surface area contributed by atoms with Crippen LogP contribution in [-0.2, 0) is 12.8 Å². The molecule has 17 heavy (non-hydrogen) atoms. The maximum atomic E-state index is 6.08. The normalized spacial score (nSPS) is 12.6. The van der Waals surface area contributed by atoms with E-state index in [0.29, 0.717) is 12.3 Å². The summed E-state index contributed by atoms with van der Waals surface area (Å²) < 4.78 is 5.40. The van der Waals surface area contributed by atoms with Gasteiger partial charge in [-0.1, -0.05) is 29.8 Å². The lowest BCUT2D eigenvalue weighted by Crippen LogP contribution is -2.17. The predicted molar refractivity (Wildman–Crippen MR) is 68.1 cm³/mol. The maximum absolute atomic E-state index is 6.08. The van der Waals surface area contributed by atoms with Crippen LogP contribution in [0.2, 0.25) is 5.02 Å². The Hall–Kier alpha value is -1.32. The van der Waals surface area contributed by atoms with E-state index in [0.717, 1.165) is 22.7 Å². The van der Waals surface area contributed by atoms with Crippen molar-refractivity contribution in [2.75, 3.05) is 0 Å². The van der Waals surface area contributed by atoms with Crippen LogP contribution in [0.5, 0.6) is 0 Å². The minimum Gasteiger partial charge on any atom is -0.448 e. The van der Waals surface area contributed by atoms with Gasteiger partial charge < -0.3 is 10.2 Å². The molecule has 2 aromatic rings. The van der Waals surface area contributed by atoms with Gasteiger partial charge in [0, 0.05) is 17.5 Å². The summed E-state index contributed by atoms with van der Waals surface area (Å²) in [5.41, 5.74) is 7.62. The Morgan fingerprint density at radius 1 is 1.41 bits per heavy atom. The van der Waals surface area contributed by atoms with Gasteiger partial charge >= 0.3 is 0 Å². The van der Waals surface area contributed by atoms with Gasteiger partial charge in [0.1, 0.15) is 6.26 Å². The summed E-state index contributed by atoms with van der Waals surface area (Å²) in [5.74, 6) is 0.675. The summed E-state index contributed by atoms with van der Waals surface area (Å²) in [7, 11) is 0. The number of nitrogens with zero attached hydrogens (tertiary/aromatic N) is 1. The molecule has 0 aliphatic rings. The molecule has 1 aromatic heterocycles. The number of aromatic nitrogens is 1. The molecule has 0 saturated carbocycles. The Kier molecular flexibility index (Phi) is 3.82. The third-order valence-corrected chi connectivity index (χ3v) is 2.80. The Morgan fingerprint density at radius 3 is 2.88 bits per heavy atom. The molecule has 0 radical (unpaired) electrons. The molecule has 3 nitrogen and oxygen atoms in total. The average Bonchev–Trinajstić information content (AvgIpc) is 2.68. The van der Waals surface area contributed by atoms with Crippen LogP contribution in [0, 0.1) is 0 Å². The first-order valence-corrected chi connectivity index (χ1v) is 5.95. The van der Waals surface area contributed by atoms with Gasteiger partial charge in [0.2, 0.25) is 0 Å². The van der Waals surface area contributed by atoms with E-state index in [9.17, 15) is 0 Å².